The molecule has 0 aromatic heterocycles. The molecule has 0 aromatic carbocycles. The number of hydroxylamine groups is 2. The second kappa shape index (κ2) is 3.11. The Labute approximate surface area is 69.5 Å². The molecule has 0 aromatic rings. The Morgan fingerprint density at radius 2 is 2.09 bits per heavy atom. The Morgan fingerprint density at radius 3 is 2.55 bits per heavy atom. The number of rotatable bonds is 1. The van der Waals surface area contributed by atoms with Crippen molar-refractivity contribution in [2.45, 2.75) is 27.2 Å². The van der Waals surface area contributed by atoms with Gasteiger partial charge in [0, 0.05) is 13.1 Å². The molecule has 0 amide bonds. The third-order valence-corrected chi connectivity index (χ3v) is 2.99. The molecule has 1 unspecified atom stereocenters. The molecule has 0 N–H and O–H groups in total. The van der Waals surface area contributed by atoms with Gasteiger partial charge in [-0.25, -0.2) is 0 Å². The molecule has 0 radical (unpaired) electrons. The van der Waals surface area contributed by atoms with E-state index in [4.69, 9.17) is 4.84 Å². The molecule has 0 spiro atoms. The molecule has 1 heterocycles. The van der Waals surface area contributed by atoms with Gasteiger partial charge < -0.3 is 4.84 Å². The number of hydrogen-bond donors (Lipinski definition) is 0. The number of nitrogens with zero attached hydrogens (tertiary/aromatic N) is 1. The Morgan fingerprint density at radius 1 is 1.45 bits per heavy atom. The van der Waals surface area contributed by atoms with E-state index < -0.39 is 0 Å². The summed E-state index contributed by atoms with van der Waals surface area (Å²) in [5.41, 5.74) is 0.411. The van der Waals surface area contributed by atoms with E-state index in [9.17, 15) is 0 Å². The minimum Gasteiger partial charge on any atom is -0.302 e. The van der Waals surface area contributed by atoms with Gasteiger partial charge in [0.25, 0.3) is 0 Å². The smallest absolute Gasteiger partial charge is 0.0575 e. The van der Waals surface area contributed by atoms with Crippen molar-refractivity contribution in [2.24, 2.45) is 11.3 Å². The molecule has 1 fully saturated rings. The predicted molar refractivity (Wildman–Crippen MR) is 46.1 cm³/mol. The van der Waals surface area contributed by atoms with Crippen LogP contribution in [0.4, 0.5) is 0 Å². The Balaban J connectivity index is 2.52. The molecule has 2 heteroatoms. The molecule has 2 nitrogen and oxygen atoms in total. The van der Waals surface area contributed by atoms with Gasteiger partial charge in [-0.3, -0.25) is 0 Å². The summed E-state index contributed by atoms with van der Waals surface area (Å²) in [6.07, 6.45) is 1.25. The van der Waals surface area contributed by atoms with E-state index in [1.54, 1.807) is 7.11 Å². The largest absolute Gasteiger partial charge is 0.302 e. The van der Waals surface area contributed by atoms with Gasteiger partial charge in [-0.05, 0) is 17.8 Å². The maximum atomic E-state index is 5.21. The SMILES string of the molecule is CON1CCC(C)C(C)(C)C1. The average molecular weight is 157 g/mol. The predicted octanol–water partition coefficient (Wildman–Crippen LogP) is 1.92. The van der Waals surface area contributed by atoms with E-state index in [2.05, 4.69) is 25.8 Å². The zero-order valence-corrected chi connectivity index (χ0v) is 8.05. The van der Waals surface area contributed by atoms with Crippen LogP contribution >= 0.6 is 0 Å². The molecule has 11 heavy (non-hydrogen) atoms. The van der Waals surface area contributed by atoms with Crippen LogP contribution < -0.4 is 0 Å². The maximum absolute atomic E-state index is 5.21. The molecule has 0 saturated carbocycles. The zero-order valence-electron chi connectivity index (χ0n) is 8.05. The minimum absolute atomic E-state index is 0.411. The second-order valence-electron chi connectivity index (χ2n) is 4.22. The first-order chi connectivity index (χ1) is 5.06. The van der Waals surface area contributed by atoms with Crippen LogP contribution in [0.2, 0.25) is 0 Å². The first kappa shape index (κ1) is 9.01. The fourth-order valence-electron chi connectivity index (χ4n) is 1.57. The minimum atomic E-state index is 0.411. The Hall–Kier alpha value is -0.0800. The molecular formula is C9H19NO. The van der Waals surface area contributed by atoms with Gasteiger partial charge in [0.1, 0.15) is 0 Å². The van der Waals surface area contributed by atoms with Crippen LogP contribution in [0, 0.1) is 11.3 Å². The van der Waals surface area contributed by atoms with Crippen molar-refractivity contribution in [3.05, 3.63) is 0 Å². The fraction of sp³-hybridized carbons (Fsp3) is 1.00. The summed E-state index contributed by atoms with van der Waals surface area (Å²) >= 11 is 0. The Bertz CT molecular complexity index is 134. The lowest BCUT2D eigenvalue weighted by molar-refractivity contribution is -0.175. The van der Waals surface area contributed by atoms with Crippen molar-refractivity contribution in [3.63, 3.8) is 0 Å². The molecule has 1 rings (SSSR count). The molecule has 1 saturated heterocycles. The van der Waals surface area contributed by atoms with E-state index in [0.717, 1.165) is 19.0 Å². The lowest BCUT2D eigenvalue weighted by Crippen LogP contribution is -2.44. The highest BCUT2D eigenvalue weighted by Crippen LogP contribution is 2.33. The summed E-state index contributed by atoms with van der Waals surface area (Å²) < 4.78 is 0. The highest BCUT2D eigenvalue weighted by molar-refractivity contribution is 4.81. The lowest BCUT2D eigenvalue weighted by atomic mass is 9.76. The van der Waals surface area contributed by atoms with Crippen molar-refractivity contribution in [3.8, 4) is 0 Å². The zero-order chi connectivity index (χ0) is 8.48. The lowest BCUT2D eigenvalue weighted by Gasteiger charge is -2.41. The molecule has 0 aliphatic carbocycles. The summed E-state index contributed by atoms with van der Waals surface area (Å²) in [5.74, 6) is 0.814. The summed E-state index contributed by atoms with van der Waals surface area (Å²) in [5, 5.41) is 2.06. The maximum Gasteiger partial charge on any atom is 0.0575 e. The molecular weight excluding hydrogens is 138 g/mol. The summed E-state index contributed by atoms with van der Waals surface area (Å²) in [6, 6.07) is 0. The summed E-state index contributed by atoms with van der Waals surface area (Å²) in [6.45, 7) is 9.09. The van der Waals surface area contributed by atoms with Crippen LogP contribution in [0.3, 0.4) is 0 Å². The molecule has 1 aliphatic heterocycles. The average Bonchev–Trinajstić information content (AvgIpc) is 1.95. The van der Waals surface area contributed by atoms with Crippen LogP contribution in [0.5, 0.6) is 0 Å². The van der Waals surface area contributed by atoms with E-state index in [1.807, 2.05) is 0 Å². The number of hydrogen-bond acceptors (Lipinski definition) is 2. The van der Waals surface area contributed by atoms with Crippen LogP contribution in [0.25, 0.3) is 0 Å². The molecule has 0 bridgehead atoms. The quantitative estimate of drug-likeness (QED) is 0.576. The van der Waals surface area contributed by atoms with E-state index in [-0.39, 0.29) is 0 Å². The van der Waals surface area contributed by atoms with Crippen LogP contribution in [0.15, 0.2) is 0 Å². The molecule has 1 atom stereocenters. The van der Waals surface area contributed by atoms with Crippen molar-refractivity contribution < 1.29 is 4.84 Å². The first-order valence-electron chi connectivity index (χ1n) is 4.35. The van der Waals surface area contributed by atoms with Crippen molar-refractivity contribution in [1.29, 1.82) is 0 Å². The monoisotopic (exact) mass is 157 g/mol. The van der Waals surface area contributed by atoms with Gasteiger partial charge in [0.15, 0.2) is 0 Å². The van der Waals surface area contributed by atoms with E-state index in [0.29, 0.717) is 5.41 Å². The van der Waals surface area contributed by atoms with Crippen molar-refractivity contribution >= 4 is 0 Å². The summed E-state index contributed by atoms with van der Waals surface area (Å²) in [7, 11) is 1.76. The topological polar surface area (TPSA) is 12.5 Å². The standard InChI is InChI=1S/C9H19NO/c1-8-5-6-10(11-4)7-9(8,2)3/h8H,5-7H2,1-4H3. The van der Waals surface area contributed by atoms with Gasteiger partial charge in [0.2, 0.25) is 0 Å². The first-order valence-corrected chi connectivity index (χ1v) is 4.35. The summed E-state index contributed by atoms with van der Waals surface area (Å²) in [4.78, 5) is 5.21. The number of piperidine rings is 1. The molecule has 66 valence electrons. The van der Waals surface area contributed by atoms with Gasteiger partial charge >= 0.3 is 0 Å². The Kier molecular flexibility index (Phi) is 2.55. The van der Waals surface area contributed by atoms with Crippen LogP contribution in [-0.2, 0) is 4.84 Å². The highest BCUT2D eigenvalue weighted by atomic mass is 16.7. The van der Waals surface area contributed by atoms with Gasteiger partial charge in [-0.2, -0.15) is 5.06 Å². The van der Waals surface area contributed by atoms with Crippen LogP contribution in [-0.4, -0.2) is 25.3 Å². The van der Waals surface area contributed by atoms with Crippen LogP contribution in [0.1, 0.15) is 27.2 Å². The van der Waals surface area contributed by atoms with Crippen molar-refractivity contribution in [2.75, 3.05) is 20.2 Å². The van der Waals surface area contributed by atoms with Gasteiger partial charge in [-0.15, -0.1) is 0 Å². The van der Waals surface area contributed by atoms with Crippen molar-refractivity contribution in [1.82, 2.24) is 5.06 Å². The second-order valence-corrected chi connectivity index (χ2v) is 4.22. The van der Waals surface area contributed by atoms with Gasteiger partial charge in [0.05, 0.1) is 7.11 Å². The van der Waals surface area contributed by atoms with E-state index >= 15 is 0 Å². The third kappa shape index (κ3) is 1.94. The van der Waals surface area contributed by atoms with E-state index in [1.165, 1.54) is 6.42 Å². The highest BCUT2D eigenvalue weighted by Gasteiger charge is 2.32. The van der Waals surface area contributed by atoms with Gasteiger partial charge in [-0.1, -0.05) is 20.8 Å². The normalized spacial score (nSPS) is 32.2. The third-order valence-electron chi connectivity index (χ3n) is 2.99. The molecule has 1 aliphatic rings. The fourth-order valence-corrected chi connectivity index (χ4v) is 1.57.